The Kier molecular flexibility index (Phi) is 6.00. The van der Waals surface area contributed by atoms with Gasteiger partial charge in [-0.3, -0.25) is 9.36 Å². The van der Waals surface area contributed by atoms with Gasteiger partial charge in [0.1, 0.15) is 5.75 Å². The number of benzene rings is 2. The molecule has 1 atom stereocenters. The van der Waals surface area contributed by atoms with Gasteiger partial charge >= 0.3 is 0 Å². The summed E-state index contributed by atoms with van der Waals surface area (Å²) in [6.45, 7) is 1.86. The van der Waals surface area contributed by atoms with Crippen LogP contribution in [0.5, 0.6) is 5.75 Å². The number of rotatable bonds is 6. The summed E-state index contributed by atoms with van der Waals surface area (Å²) in [7, 11) is 1.58. The maximum Gasteiger partial charge on any atom is 0.237 e. The molecule has 1 amide bonds. The van der Waals surface area contributed by atoms with Crippen molar-refractivity contribution in [1.29, 1.82) is 0 Å². The Morgan fingerprint density at radius 1 is 1.23 bits per heavy atom. The highest BCUT2D eigenvalue weighted by Crippen LogP contribution is 2.28. The molecule has 0 saturated heterocycles. The van der Waals surface area contributed by atoms with E-state index in [9.17, 15) is 4.79 Å². The van der Waals surface area contributed by atoms with Gasteiger partial charge in [0.25, 0.3) is 0 Å². The van der Waals surface area contributed by atoms with Crippen LogP contribution in [0.3, 0.4) is 0 Å². The summed E-state index contributed by atoms with van der Waals surface area (Å²) in [6, 6.07) is 15.3. The standard InChI is InChI=1S/C19H18BrN3O2S/c1-13(18(24)22-16-5-3-4-6-17(16)25-2)26-19-21-11-12-23(19)15-9-7-14(20)8-10-15/h3-13H,1-2H3,(H,22,24). The van der Waals surface area contributed by atoms with Gasteiger partial charge in [0, 0.05) is 22.6 Å². The van der Waals surface area contributed by atoms with Gasteiger partial charge in [0.05, 0.1) is 18.0 Å². The third-order valence-corrected chi connectivity index (χ3v) is 5.34. The second-order valence-corrected chi connectivity index (χ2v) is 7.73. The number of carbonyl (C=O) groups excluding carboxylic acids is 1. The van der Waals surface area contributed by atoms with Gasteiger partial charge in [0.2, 0.25) is 5.91 Å². The predicted molar refractivity (Wildman–Crippen MR) is 108 cm³/mol. The van der Waals surface area contributed by atoms with Crippen LogP contribution in [0.25, 0.3) is 5.69 Å². The molecular weight excluding hydrogens is 414 g/mol. The lowest BCUT2D eigenvalue weighted by molar-refractivity contribution is -0.115. The highest BCUT2D eigenvalue weighted by Gasteiger charge is 2.19. The van der Waals surface area contributed by atoms with E-state index in [1.54, 1.807) is 13.3 Å². The van der Waals surface area contributed by atoms with Crippen LogP contribution in [0, 0.1) is 0 Å². The molecule has 0 bridgehead atoms. The van der Waals surface area contributed by atoms with E-state index < -0.39 is 0 Å². The lowest BCUT2D eigenvalue weighted by atomic mass is 10.3. The molecule has 0 aliphatic rings. The molecule has 0 aliphatic carbocycles. The zero-order valence-corrected chi connectivity index (χ0v) is 16.8. The number of nitrogens with one attached hydrogen (secondary N) is 1. The van der Waals surface area contributed by atoms with E-state index in [0.29, 0.717) is 11.4 Å². The number of anilines is 1. The zero-order chi connectivity index (χ0) is 18.5. The number of carbonyl (C=O) groups is 1. The second kappa shape index (κ2) is 8.42. The summed E-state index contributed by atoms with van der Waals surface area (Å²) < 4.78 is 8.25. The molecule has 1 heterocycles. The lowest BCUT2D eigenvalue weighted by Crippen LogP contribution is -2.23. The van der Waals surface area contributed by atoms with Gasteiger partial charge < -0.3 is 10.1 Å². The fraction of sp³-hybridized carbons (Fsp3) is 0.158. The summed E-state index contributed by atoms with van der Waals surface area (Å²) in [6.07, 6.45) is 3.62. The van der Waals surface area contributed by atoms with Crippen molar-refractivity contribution >= 4 is 39.3 Å². The van der Waals surface area contributed by atoms with Gasteiger partial charge in [-0.25, -0.2) is 4.98 Å². The average Bonchev–Trinajstić information content (AvgIpc) is 3.10. The highest BCUT2D eigenvalue weighted by atomic mass is 79.9. The zero-order valence-electron chi connectivity index (χ0n) is 14.3. The van der Waals surface area contributed by atoms with Crippen LogP contribution in [0.15, 0.2) is 70.6 Å². The molecular formula is C19H18BrN3O2S. The normalized spacial score (nSPS) is 11.8. The number of nitrogens with zero attached hydrogens (tertiary/aromatic N) is 2. The van der Waals surface area contributed by atoms with Crippen molar-refractivity contribution in [3.63, 3.8) is 0 Å². The number of methoxy groups -OCH3 is 1. The molecule has 3 rings (SSSR count). The van der Waals surface area contributed by atoms with Crippen LogP contribution in [0.2, 0.25) is 0 Å². The monoisotopic (exact) mass is 431 g/mol. The first-order valence-corrected chi connectivity index (χ1v) is 9.65. The molecule has 134 valence electrons. The first-order chi connectivity index (χ1) is 12.6. The van der Waals surface area contributed by atoms with Gasteiger partial charge in [-0.2, -0.15) is 0 Å². The third-order valence-electron chi connectivity index (χ3n) is 3.73. The number of aromatic nitrogens is 2. The fourth-order valence-electron chi connectivity index (χ4n) is 2.37. The minimum absolute atomic E-state index is 0.107. The molecule has 1 aromatic heterocycles. The van der Waals surface area contributed by atoms with E-state index in [4.69, 9.17) is 4.74 Å². The Balaban J connectivity index is 1.72. The number of hydrogen-bond donors (Lipinski definition) is 1. The summed E-state index contributed by atoms with van der Waals surface area (Å²) in [5, 5.41) is 3.35. The van der Waals surface area contributed by atoms with Crippen molar-refractivity contribution in [3.05, 3.63) is 65.4 Å². The van der Waals surface area contributed by atoms with Crippen molar-refractivity contribution in [2.75, 3.05) is 12.4 Å². The molecule has 0 radical (unpaired) electrons. The maximum atomic E-state index is 12.6. The maximum absolute atomic E-state index is 12.6. The SMILES string of the molecule is COc1ccccc1NC(=O)C(C)Sc1nccn1-c1ccc(Br)cc1. The number of thioether (sulfide) groups is 1. The number of imidazole rings is 1. The quantitative estimate of drug-likeness (QED) is 0.571. The van der Waals surface area contributed by atoms with E-state index in [2.05, 4.69) is 26.2 Å². The van der Waals surface area contributed by atoms with Gasteiger partial charge in [-0.05, 0) is 43.3 Å². The molecule has 0 saturated carbocycles. The first-order valence-electron chi connectivity index (χ1n) is 7.98. The highest BCUT2D eigenvalue weighted by molar-refractivity contribution is 9.10. The van der Waals surface area contributed by atoms with Crippen LogP contribution in [-0.2, 0) is 4.79 Å². The molecule has 0 fully saturated rings. The second-order valence-electron chi connectivity index (χ2n) is 5.51. The van der Waals surface area contributed by atoms with Crippen LogP contribution in [-0.4, -0.2) is 27.8 Å². The van der Waals surface area contributed by atoms with Crippen molar-refractivity contribution in [2.45, 2.75) is 17.3 Å². The Bertz CT molecular complexity index is 896. The minimum Gasteiger partial charge on any atom is -0.495 e. The molecule has 1 unspecified atom stereocenters. The number of hydrogen-bond acceptors (Lipinski definition) is 4. The summed E-state index contributed by atoms with van der Waals surface area (Å²) in [5.74, 6) is 0.527. The van der Waals surface area contributed by atoms with Crippen LogP contribution in [0.1, 0.15) is 6.92 Å². The number of ether oxygens (including phenoxy) is 1. The Labute approximate surface area is 164 Å². The van der Waals surface area contributed by atoms with Crippen LogP contribution in [0.4, 0.5) is 5.69 Å². The smallest absolute Gasteiger partial charge is 0.237 e. The molecule has 2 aromatic carbocycles. The molecule has 5 nitrogen and oxygen atoms in total. The molecule has 0 spiro atoms. The average molecular weight is 432 g/mol. The van der Waals surface area contributed by atoms with Crippen molar-refractivity contribution in [3.8, 4) is 11.4 Å². The fourth-order valence-corrected chi connectivity index (χ4v) is 3.52. The van der Waals surface area contributed by atoms with E-state index in [0.717, 1.165) is 15.3 Å². The minimum atomic E-state index is -0.323. The Morgan fingerprint density at radius 3 is 2.69 bits per heavy atom. The first kappa shape index (κ1) is 18.5. The van der Waals surface area contributed by atoms with Crippen molar-refractivity contribution in [1.82, 2.24) is 9.55 Å². The molecule has 26 heavy (non-hydrogen) atoms. The largest absolute Gasteiger partial charge is 0.495 e. The number of para-hydroxylation sites is 2. The third kappa shape index (κ3) is 4.28. The van der Waals surface area contributed by atoms with E-state index >= 15 is 0 Å². The van der Waals surface area contributed by atoms with Gasteiger partial charge in [-0.1, -0.05) is 39.8 Å². The number of amides is 1. The Hall–Kier alpha value is -2.25. The topological polar surface area (TPSA) is 56.1 Å². The van der Waals surface area contributed by atoms with E-state index in [-0.39, 0.29) is 11.2 Å². The summed E-state index contributed by atoms with van der Waals surface area (Å²) in [5.41, 5.74) is 1.65. The van der Waals surface area contributed by atoms with Crippen molar-refractivity contribution < 1.29 is 9.53 Å². The van der Waals surface area contributed by atoms with E-state index in [1.807, 2.05) is 66.2 Å². The molecule has 1 N–H and O–H groups in total. The van der Waals surface area contributed by atoms with Crippen LogP contribution >= 0.6 is 27.7 Å². The number of halogens is 1. The van der Waals surface area contributed by atoms with Gasteiger partial charge in [-0.15, -0.1) is 0 Å². The van der Waals surface area contributed by atoms with Crippen LogP contribution < -0.4 is 10.1 Å². The lowest BCUT2D eigenvalue weighted by Gasteiger charge is -2.14. The Morgan fingerprint density at radius 2 is 1.96 bits per heavy atom. The summed E-state index contributed by atoms with van der Waals surface area (Å²) >= 11 is 4.84. The molecule has 3 aromatic rings. The van der Waals surface area contributed by atoms with Gasteiger partial charge in [0.15, 0.2) is 5.16 Å². The van der Waals surface area contributed by atoms with E-state index in [1.165, 1.54) is 11.8 Å². The molecule has 7 heteroatoms. The van der Waals surface area contributed by atoms with Crippen molar-refractivity contribution in [2.24, 2.45) is 0 Å². The predicted octanol–water partition coefficient (Wildman–Crippen LogP) is 4.76. The summed E-state index contributed by atoms with van der Waals surface area (Å²) in [4.78, 5) is 17.0. The molecule has 0 aliphatic heterocycles.